The maximum atomic E-state index is 12.9. The Balaban J connectivity index is 1.53. The van der Waals surface area contributed by atoms with Crippen LogP contribution in [0.1, 0.15) is 35.1 Å². The van der Waals surface area contributed by atoms with Crippen LogP contribution in [-0.4, -0.2) is 29.7 Å². The molecule has 0 aliphatic heterocycles. The average molecular weight is 444 g/mol. The van der Waals surface area contributed by atoms with Crippen LogP contribution in [0.3, 0.4) is 0 Å². The van der Waals surface area contributed by atoms with E-state index in [1.54, 1.807) is 32.4 Å². The molecule has 0 atom stereocenters. The summed E-state index contributed by atoms with van der Waals surface area (Å²) in [4.78, 5) is 17.8. The molecule has 6 heteroatoms. The van der Waals surface area contributed by atoms with Gasteiger partial charge in [0.25, 0.3) is 5.91 Å². The summed E-state index contributed by atoms with van der Waals surface area (Å²) in [6.45, 7) is 3.12. The van der Waals surface area contributed by atoms with E-state index in [9.17, 15) is 4.79 Å². The highest BCUT2D eigenvalue weighted by Gasteiger charge is 2.14. The summed E-state index contributed by atoms with van der Waals surface area (Å²) in [5.74, 6) is 1.98. The van der Waals surface area contributed by atoms with Crippen molar-refractivity contribution in [2.45, 2.75) is 32.7 Å². The molecule has 1 N–H and O–H groups in total. The summed E-state index contributed by atoms with van der Waals surface area (Å²) >= 11 is 0. The number of amides is 1. The fourth-order valence-electron chi connectivity index (χ4n) is 4.07. The van der Waals surface area contributed by atoms with E-state index in [1.165, 1.54) is 5.52 Å². The first-order valence-electron chi connectivity index (χ1n) is 11.2. The van der Waals surface area contributed by atoms with Gasteiger partial charge < -0.3 is 19.4 Å². The third-order valence-electron chi connectivity index (χ3n) is 5.71. The summed E-state index contributed by atoms with van der Waals surface area (Å²) in [5.41, 5.74) is 4.57. The summed E-state index contributed by atoms with van der Waals surface area (Å²) in [7, 11) is 3.13. The second kappa shape index (κ2) is 10.2. The quantitative estimate of drug-likeness (QED) is 0.371. The Morgan fingerprint density at radius 2 is 1.70 bits per heavy atom. The smallest absolute Gasteiger partial charge is 0.255 e. The first kappa shape index (κ1) is 22.4. The Bertz CT molecular complexity index is 1260. The fraction of sp³-hybridized carbons (Fsp3) is 0.259. The summed E-state index contributed by atoms with van der Waals surface area (Å²) in [6, 6.07) is 21.3. The van der Waals surface area contributed by atoms with Gasteiger partial charge in [-0.2, -0.15) is 0 Å². The predicted molar refractivity (Wildman–Crippen MR) is 131 cm³/mol. The maximum absolute atomic E-state index is 12.9. The minimum absolute atomic E-state index is 0.193. The fourth-order valence-corrected chi connectivity index (χ4v) is 4.07. The van der Waals surface area contributed by atoms with Crippen molar-refractivity contribution >= 4 is 22.6 Å². The normalized spacial score (nSPS) is 10.9. The van der Waals surface area contributed by atoms with Gasteiger partial charge in [-0.15, -0.1) is 0 Å². The summed E-state index contributed by atoms with van der Waals surface area (Å²) < 4.78 is 12.9. The number of nitrogens with one attached hydrogen (secondary N) is 1. The van der Waals surface area contributed by atoms with Crippen molar-refractivity contribution < 1.29 is 14.3 Å². The zero-order valence-electron chi connectivity index (χ0n) is 19.3. The molecule has 0 unspecified atom stereocenters. The number of rotatable bonds is 9. The van der Waals surface area contributed by atoms with E-state index in [-0.39, 0.29) is 5.91 Å². The Kier molecular flexibility index (Phi) is 6.93. The first-order chi connectivity index (χ1) is 16.1. The molecule has 6 nitrogen and oxygen atoms in total. The Morgan fingerprint density at radius 1 is 0.939 bits per heavy atom. The molecule has 0 fully saturated rings. The minimum atomic E-state index is -0.193. The number of hydrogen-bond acceptors (Lipinski definition) is 4. The van der Waals surface area contributed by atoms with E-state index in [2.05, 4.69) is 41.1 Å². The zero-order valence-corrected chi connectivity index (χ0v) is 19.3. The molecule has 1 amide bonds. The molecule has 33 heavy (non-hydrogen) atoms. The highest BCUT2D eigenvalue weighted by atomic mass is 16.5. The monoisotopic (exact) mass is 443 g/mol. The number of ether oxygens (including phenoxy) is 2. The van der Waals surface area contributed by atoms with E-state index in [1.807, 2.05) is 24.3 Å². The highest BCUT2D eigenvalue weighted by Crippen LogP contribution is 2.28. The first-order valence-corrected chi connectivity index (χ1v) is 11.2. The number of methoxy groups -OCH3 is 2. The van der Waals surface area contributed by atoms with Crippen LogP contribution in [0.2, 0.25) is 0 Å². The number of carbonyl (C=O) groups is 1. The number of benzene rings is 3. The van der Waals surface area contributed by atoms with Crippen LogP contribution in [0.15, 0.2) is 66.7 Å². The number of aromatic nitrogens is 2. The molecule has 4 aromatic rings. The van der Waals surface area contributed by atoms with Gasteiger partial charge in [-0.25, -0.2) is 4.98 Å². The van der Waals surface area contributed by atoms with E-state index in [0.29, 0.717) is 17.1 Å². The molecule has 170 valence electrons. The molecule has 0 aliphatic rings. The maximum Gasteiger partial charge on any atom is 0.255 e. The van der Waals surface area contributed by atoms with Crippen molar-refractivity contribution in [1.82, 2.24) is 9.55 Å². The van der Waals surface area contributed by atoms with Gasteiger partial charge in [0.05, 0.1) is 25.3 Å². The minimum Gasteiger partial charge on any atom is -0.493 e. The van der Waals surface area contributed by atoms with Crippen LogP contribution in [0.5, 0.6) is 11.5 Å². The zero-order chi connectivity index (χ0) is 23.2. The molecule has 0 saturated carbocycles. The topological polar surface area (TPSA) is 65.4 Å². The van der Waals surface area contributed by atoms with Crippen LogP contribution in [-0.2, 0) is 19.4 Å². The molecule has 0 saturated heterocycles. The van der Waals surface area contributed by atoms with Crippen molar-refractivity contribution in [2.24, 2.45) is 0 Å². The Morgan fingerprint density at radius 3 is 2.48 bits per heavy atom. The number of anilines is 1. The molecule has 0 aliphatic carbocycles. The lowest BCUT2D eigenvalue weighted by atomic mass is 10.1. The lowest BCUT2D eigenvalue weighted by Gasteiger charge is -2.13. The Labute approximate surface area is 194 Å². The molecule has 1 heterocycles. The van der Waals surface area contributed by atoms with Crippen molar-refractivity contribution in [3.8, 4) is 11.5 Å². The standard InChI is InChI=1S/C27H29N3O3/c1-4-17-30-23-12-8-7-11-22(23)28-26(30)16-14-19-9-5-6-10-21(19)29-27(31)20-13-15-24(32-2)25(18-20)33-3/h5-13,15,18H,4,14,16-17H2,1-3H3,(H,29,31). The van der Waals surface area contributed by atoms with Gasteiger partial charge in [-0.1, -0.05) is 37.3 Å². The molecule has 1 aromatic heterocycles. The molecule has 4 rings (SSSR count). The summed E-state index contributed by atoms with van der Waals surface area (Å²) in [6.07, 6.45) is 2.61. The number of aryl methyl sites for hydroxylation is 3. The van der Waals surface area contributed by atoms with Crippen LogP contribution < -0.4 is 14.8 Å². The molecule has 0 spiro atoms. The molecular weight excluding hydrogens is 414 g/mol. The lowest BCUT2D eigenvalue weighted by Crippen LogP contribution is -2.14. The summed E-state index contributed by atoms with van der Waals surface area (Å²) in [5, 5.41) is 3.06. The number of hydrogen-bond donors (Lipinski definition) is 1. The highest BCUT2D eigenvalue weighted by molar-refractivity contribution is 6.05. The second-order valence-electron chi connectivity index (χ2n) is 7.85. The van der Waals surface area contributed by atoms with Gasteiger partial charge in [0.2, 0.25) is 0 Å². The van der Waals surface area contributed by atoms with Crippen LogP contribution in [0.4, 0.5) is 5.69 Å². The van der Waals surface area contributed by atoms with Gasteiger partial charge in [0.15, 0.2) is 11.5 Å². The van der Waals surface area contributed by atoms with Gasteiger partial charge in [-0.05, 0) is 54.8 Å². The van der Waals surface area contributed by atoms with Gasteiger partial charge >= 0.3 is 0 Å². The Hall–Kier alpha value is -3.80. The lowest BCUT2D eigenvalue weighted by molar-refractivity contribution is 0.102. The van der Waals surface area contributed by atoms with Gasteiger partial charge in [0, 0.05) is 24.2 Å². The molecule has 0 radical (unpaired) electrons. The molecular formula is C27H29N3O3. The average Bonchev–Trinajstić information content (AvgIpc) is 3.20. The molecule has 0 bridgehead atoms. The van der Waals surface area contributed by atoms with Gasteiger partial charge in [0.1, 0.15) is 5.82 Å². The van der Waals surface area contributed by atoms with E-state index in [4.69, 9.17) is 14.5 Å². The number of para-hydroxylation sites is 3. The van der Waals surface area contributed by atoms with Crippen molar-refractivity contribution in [2.75, 3.05) is 19.5 Å². The number of fused-ring (bicyclic) bond motifs is 1. The third kappa shape index (κ3) is 4.85. The third-order valence-corrected chi connectivity index (χ3v) is 5.71. The van der Waals surface area contributed by atoms with Crippen molar-refractivity contribution in [3.05, 3.63) is 83.7 Å². The largest absolute Gasteiger partial charge is 0.493 e. The van der Waals surface area contributed by atoms with Crippen molar-refractivity contribution in [1.29, 1.82) is 0 Å². The van der Waals surface area contributed by atoms with Crippen molar-refractivity contribution in [3.63, 3.8) is 0 Å². The van der Waals surface area contributed by atoms with Crippen LogP contribution >= 0.6 is 0 Å². The predicted octanol–water partition coefficient (Wildman–Crippen LogP) is 5.50. The number of nitrogens with zero attached hydrogens (tertiary/aromatic N) is 2. The molecule has 3 aromatic carbocycles. The number of carbonyl (C=O) groups excluding carboxylic acids is 1. The van der Waals surface area contributed by atoms with E-state index in [0.717, 1.165) is 48.4 Å². The van der Waals surface area contributed by atoms with Crippen LogP contribution in [0.25, 0.3) is 11.0 Å². The van der Waals surface area contributed by atoms with Gasteiger partial charge in [-0.3, -0.25) is 4.79 Å². The SMILES string of the molecule is CCCn1c(CCc2ccccc2NC(=O)c2ccc(OC)c(OC)c2)nc2ccccc21. The van der Waals surface area contributed by atoms with E-state index < -0.39 is 0 Å². The second-order valence-corrected chi connectivity index (χ2v) is 7.85. The van der Waals surface area contributed by atoms with Crippen LogP contribution in [0, 0.1) is 0 Å². The van der Waals surface area contributed by atoms with E-state index >= 15 is 0 Å². The number of imidazole rings is 1.